The molecule has 2 aliphatic rings. The van der Waals surface area contributed by atoms with Gasteiger partial charge in [-0.25, -0.2) is 9.59 Å². The van der Waals surface area contributed by atoms with E-state index in [4.69, 9.17) is 9.47 Å². The lowest BCUT2D eigenvalue weighted by Gasteiger charge is -2.35. The predicted molar refractivity (Wildman–Crippen MR) is 83.1 cm³/mol. The molecule has 126 valence electrons. The van der Waals surface area contributed by atoms with E-state index in [1.54, 1.807) is 0 Å². The fourth-order valence-corrected chi connectivity index (χ4v) is 2.79. The first-order chi connectivity index (χ1) is 10.4. The van der Waals surface area contributed by atoms with E-state index in [0.717, 1.165) is 5.70 Å². The Morgan fingerprint density at radius 2 is 1.48 bits per heavy atom. The molecule has 1 heterocycles. The Hall–Kier alpha value is -2.11. The zero-order valence-electron chi connectivity index (χ0n) is 14.5. The van der Waals surface area contributed by atoms with E-state index in [9.17, 15) is 14.4 Å². The maximum Gasteiger partial charge on any atom is 0.348 e. The largest absolute Gasteiger partial charge is 0.419 e. The van der Waals surface area contributed by atoms with Crippen LogP contribution in [0.3, 0.4) is 0 Å². The van der Waals surface area contributed by atoms with Crippen molar-refractivity contribution >= 4 is 17.7 Å². The molecule has 0 bridgehead atoms. The lowest BCUT2D eigenvalue weighted by molar-refractivity contribution is -0.222. The van der Waals surface area contributed by atoms with Gasteiger partial charge in [0.25, 0.3) is 5.79 Å². The number of rotatable bonds is 2. The lowest BCUT2D eigenvalue weighted by Crippen LogP contribution is -2.42. The second-order valence-electron chi connectivity index (χ2n) is 7.43. The minimum absolute atomic E-state index is 0.0946. The Kier molecular flexibility index (Phi) is 4.13. The van der Waals surface area contributed by atoms with Crippen LogP contribution in [-0.4, -0.2) is 42.5 Å². The van der Waals surface area contributed by atoms with Crippen LogP contribution in [0.25, 0.3) is 0 Å². The second-order valence-corrected chi connectivity index (χ2v) is 7.43. The first kappa shape index (κ1) is 17.2. The van der Waals surface area contributed by atoms with Gasteiger partial charge in [-0.3, -0.25) is 4.79 Å². The Labute approximate surface area is 136 Å². The summed E-state index contributed by atoms with van der Waals surface area (Å²) in [4.78, 5) is 38.5. The molecule has 0 aromatic carbocycles. The number of Topliss-reactive ketones (excluding diaryl/α,β-unsaturated/α-hetero) is 1. The van der Waals surface area contributed by atoms with E-state index in [1.807, 2.05) is 32.8 Å². The molecule has 0 amide bonds. The molecular weight excluding hydrogens is 298 g/mol. The third kappa shape index (κ3) is 3.63. The summed E-state index contributed by atoms with van der Waals surface area (Å²) in [5.74, 6) is -2.92. The molecule has 1 fully saturated rings. The molecule has 1 saturated heterocycles. The number of esters is 2. The SMILES string of the molecule is CN(C)C1=C(C=C2C(=O)OC(C)(C)OC2=O)C(=O)CC(C)(C)C1. The lowest BCUT2D eigenvalue weighted by atomic mass is 9.75. The van der Waals surface area contributed by atoms with Crippen molar-refractivity contribution in [3.8, 4) is 0 Å². The molecule has 0 saturated carbocycles. The number of ether oxygens (including phenoxy) is 2. The van der Waals surface area contributed by atoms with Gasteiger partial charge < -0.3 is 14.4 Å². The summed E-state index contributed by atoms with van der Waals surface area (Å²) in [5.41, 5.74) is 0.766. The predicted octanol–water partition coefficient (Wildman–Crippen LogP) is 1.95. The topological polar surface area (TPSA) is 72.9 Å². The number of hydrogen-bond acceptors (Lipinski definition) is 6. The van der Waals surface area contributed by atoms with Gasteiger partial charge in [0.2, 0.25) is 0 Å². The van der Waals surface area contributed by atoms with Gasteiger partial charge in [0.05, 0.1) is 0 Å². The van der Waals surface area contributed by atoms with E-state index in [1.165, 1.54) is 19.9 Å². The smallest absolute Gasteiger partial charge is 0.348 e. The van der Waals surface area contributed by atoms with Gasteiger partial charge in [0.15, 0.2) is 5.78 Å². The van der Waals surface area contributed by atoms with Crippen LogP contribution in [0.15, 0.2) is 22.9 Å². The highest BCUT2D eigenvalue weighted by Crippen LogP contribution is 2.38. The van der Waals surface area contributed by atoms with Gasteiger partial charge in [-0.1, -0.05) is 13.8 Å². The maximum absolute atomic E-state index is 12.5. The van der Waals surface area contributed by atoms with Crippen LogP contribution < -0.4 is 0 Å². The Morgan fingerprint density at radius 1 is 0.957 bits per heavy atom. The van der Waals surface area contributed by atoms with E-state index in [2.05, 4.69) is 0 Å². The maximum atomic E-state index is 12.5. The molecular formula is C17H23NO5. The normalized spacial score (nSPS) is 23.4. The number of carbonyl (C=O) groups excluding carboxylic acids is 3. The third-order valence-electron chi connectivity index (χ3n) is 3.84. The standard InChI is InChI=1S/C17H23NO5/c1-16(2)8-12(18(5)6)10(13(19)9-16)7-11-14(20)22-17(3,4)23-15(11)21/h7H,8-9H2,1-6H3. The van der Waals surface area contributed by atoms with E-state index < -0.39 is 17.7 Å². The van der Waals surface area contributed by atoms with Gasteiger partial charge in [0, 0.05) is 45.6 Å². The monoisotopic (exact) mass is 321 g/mol. The van der Waals surface area contributed by atoms with Gasteiger partial charge in [-0.05, 0) is 17.9 Å². The zero-order chi connectivity index (χ0) is 17.6. The molecule has 0 aromatic heterocycles. The number of ketones is 1. The van der Waals surface area contributed by atoms with Crippen molar-refractivity contribution < 1.29 is 23.9 Å². The molecule has 2 rings (SSSR count). The molecule has 23 heavy (non-hydrogen) atoms. The zero-order valence-corrected chi connectivity index (χ0v) is 14.5. The van der Waals surface area contributed by atoms with Crippen LogP contribution in [-0.2, 0) is 23.9 Å². The molecule has 0 N–H and O–H groups in total. The Balaban J connectivity index is 2.48. The summed E-state index contributed by atoms with van der Waals surface area (Å²) < 4.78 is 10.1. The summed E-state index contributed by atoms with van der Waals surface area (Å²) in [5, 5.41) is 0. The van der Waals surface area contributed by atoms with Crippen molar-refractivity contribution in [3.05, 3.63) is 22.9 Å². The highest BCUT2D eigenvalue weighted by Gasteiger charge is 2.40. The molecule has 6 nitrogen and oxygen atoms in total. The number of carbonyl (C=O) groups is 3. The number of hydrogen-bond donors (Lipinski definition) is 0. The van der Waals surface area contributed by atoms with Crippen LogP contribution in [0.1, 0.15) is 40.5 Å². The molecule has 1 aliphatic heterocycles. The van der Waals surface area contributed by atoms with Crippen molar-refractivity contribution in [3.63, 3.8) is 0 Å². The number of cyclic esters (lactones) is 2. The van der Waals surface area contributed by atoms with E-state index in [0.29, 0.717) is 18.4 Å². The molecule has 0 atom stereocenters. The molecule has 0 unspecified atom stereocenters. The van der Waals surface area contributed by atoms with Crippen LogP contribution in [0.5, 0.6) is 0 Å². The van der Waals surface area contributed by atoms with Crippen LogP contribution >= 0.6 is 0 Å². The molecule has 0 radical (unpaired) electrons. The summed E-state index contributed by atoms with van der Waals surface area (Å²) >= 11 is 0. The summed E-state index contributed by atoms with van der Waals surface area (Å²) in [7, 11) is 3.67. The van der Waals surface area contributed by atoms with Crippen LogP contribution in [0.2, 0.25) is 0 Å². The summed E-state index contributed by atoms with van der Waals surface area (Å²) in [6.07, 6.45) is 2.35. The third-order valence-corrected chi connectivity index (χ3v) is 3.84. The molecule has 1 aliphatic carbocycles. The van der Waals surface area contributed by atoms with Gasteiger partial charge >= 0.3 is 11.9 Å². The van der Waals surface area contributed by atoms with Crippen molar-refractivity contribution in [2.45, 2.75) is 46.3 Å². The second kappa shape index (κ2) is 5.51. The van der Waals surface area contributed by atoms with Crippen molar-refractivity contribution in [2.24, 2.45) is 5.41 Å². The highest BCUT2D eigenvalue weighted by atomic mass is 16.7. The molecule has 0 aromatic rings. The van der Waals surface area contributed by atoms with Crippen LogP contribution in [0.4, 0.5) is 0 Å². The first-order valence-electron chi connectivity index (χ1n) is 7.54. The van der Waals surface area contributed by atoms with E-state index in [-0.39, 0.29) is 16.8 Å². The Morgan fingerprint density at radius 3 is 1.96 bits per heavy atom. The summed E-state index contributed by atoms with van der Waals surface area (Å²) in [6, 6.07) is 0. The number of nitrogens with zero attached hydrogens (tertiary/aromatic N) is 1. The summed E-state index contributed by atoms with van der Waals surface area (Å²) in [6.45, 7) is 7.00. The first-order valence-corrected chi connectivity index (χ1v) is 7.54. The van der Waals surface area contributed by atoms with Gasteiger partial charge in [-0.15, -0.1) is 0 Å². The van der Waals surface area contributed by atoms with Crippen molar-refractivity contribution in [1.82, 2.24) is 4.90 Å². The molecule has 0 spiro atoms. The van der Waals surface area contributed by atoms with Crippen molar-refractivity contribution in [2.75, 3.05) is 14.1 Å². The quantitative estimate of drug-likeness (QED) is 0.440. The fourth-order valence-electron chi connectivity index (χ4n) is 2.79. The van der Waals surface area contributed by atoms with E-state index >= 15 is 0 Å². The molecule has 6 heteroatoms. The van der Waals surface area contributed by atoms with Gasteiger partial charge in [0.1, 0.15) is 5.57 Å². The van der Waals surface area contributed by atoms with Crippen molar-refractivity contribution in [1.29, 1.82) is 0 Å². The fraction of sp³-hybridized carbons (Fsp3) is 0.588. The average Bonchev–Trinajstić information content (AvgIpc) is 2.32. The average molecular weight is 321 g/mol. The minimum Gasteiger partial charge on any atom is -0.419 e. The number of allylic oxidation sites excluding steroid dienone is 3. The highest BCUT2D eigenvalue weighted by molar-refractivity contribution is 6.17. The Bertz CT molecular complexity index is 615. The van der Waals surface area contributed by atoms with Gasteiger partial charge in [-0.2, -0.15) is 0 Å². The minimum atomic E-state index is -1.29. The van der Waals surface area contributed by atoms with Crippen LogP contribution in [0, 0.1) is 5.41 Å².